The van der Waals surface area contributed by atoms with Crippen molar-refractivity contribution in [2.24, 2.45) is 0 Å². The maximum atomic E-state index is 8.61. The number of hydrogen-bond donors (Lipinski definition) is 0. The minimum Gasteiger partial charge on any atom is -0.493 e. The van der Waals surface area contributed by atoms with E-state index in [1.165, 1.54) is 5.56 Å². The Morgan fingerprint density at radius 3 is 3.00 bits per heavy atom. The Bertz CT molecular complexity index is 598. The number of rotatable bonds is 5. The second kappa shape index (κ2) is 6.35. The topological polar surface area (TPSA) is 45.9 Å². The predicted molar refractivity (Wildman–Crippen MR) is 76.5 cm³/mol. The summed E-state index contributed by atoms with van der Waals surface area (Å²) >= 11 is 1.59. The van der Waals surface area contributed by atoms with Gasteiger partial charge in [-0.3, -0.25) is 0 Å². The van der Waals surface area contributed by atoms with Crippen LogP contribution in [0.15, 0.2) is 24.4 Å². The third-order valence-corrected chi connectivity index (χ3v) is 3.83. The zero-order valence-corrected chi connectivity index (χ0v) is 12.0. The fraction of sp³-hybridized carbons (Fsp3) is 0.333. The molecule has 2 aromatic rings. The average molecular weight is 272 g/mol. The predicted octanol–water partition coefficient (Wildman–Crippen LogP) is 3.45. The molecule has 0 aliphatic heterocycles. The van der Waals surface area contributed by atoms with E-state index in [9.17, 15) is 0 Å². The molecule has 0 amide bonds. The highest BCUT2D eigenvalue weighted by Gasteiger charge is 2.04. The van der Waals surface area contributed by atoms with Crippen LogP contribution in [0.25, 0.3) is 0 Å². The van der Waals surface area contributed by atoms with Gasteiger partial charge in [-0.25, -0.2) is 4.98 Å². The molecule has 2 rings (SSSR count). The molecule has 0 bridgehead atoms. The van der Waals surface area contributed by atoms with Crippen LogP contribution in [0.5, 0.6) is 5.75 Å². The first-order valence-corrected chi connectivity index (χ1v) is 7.01. The lowest BCUT2D eigenvalue weighted by Crippen LogP contribution is -2.02. The van der Waals surface area contributed by atoms with Gasteiger partial charge in [0.05, 0.1) is 24.1 Å². The Hall–Kier alpha value is -1.86. The van der Waals surface area contributed by atoms with E-state index >= 15 is 0 Å². The number of nitrogens with zero attached hydrogens (tertiary/aromatic N) is 2. The first-order chi connectivity index (χ1) is 9.19. The lowest BCUT2D eigenvalue weighted by atomic mass is 10.1. The number of hydrogen-bond acceptors (Lipinski definition) is 4. The molecule has 0 aliphatic rings. The van der Waals surface area contributed by atoms with E-state index in [2.05, 4.69) is 36.2 Å². The maximum Gasteiger partial charge on any atom is 0.122 e. The van der Waals surface area contributed by atoms with Crippen LogP contribution < -0.4 is 4.74 Å². The second-order valence-electron chi connectivity index (χ2n) is 4.42. The summed E-state index contributed by atoms with van der Waals surface area (Å²) in [6.45, 7) is 4.72. The highest BCUT2D eigenvalue weighted by molar-refractivity contribution is 7.11. The average Bonchev–Trinajstić information content (AvgIpc) is 2.82. The molecule has 98 valence electrons. The van der Waals surface area contributed by atoms with Gasteiger partial charge < -0.3 is 4.74 Å². The third kappa shape index (κ3) is 3.80. The first-order valence-electron chi connectivity index (χ1n) is 6.19. The summed E-state index contributed by atoms with van der Waals surface area (Å²) in [5.41, 5.74) is 2.35. The van der Waals surface area contributed by atoms with Crippen molar-refractivity contribution in [3.8, 4) is 11.8 Å². The van der Waals surface area contributed by atoms with Crippen LogP contribution in [0.1, 0.15) is 21.0 Å². The van der Waals surface area contributed by atoms with E-state index < -0.39 is 0 Å². The van der Waals surface area contributed by atoms with Crippen molar-refractivity contribution in [1.82, 2.24) is 4.98 Å². The van der Waals surface area contributed by atoms with E-state index in [0.29, 0.717) is 13.0 Å². The van der Waals surface area contributed by atoms with Crippen LogP contribution in [-0.2, 0) is 12.8 Å². The second-order valence-corrected chi connectivity index (χ2v) is 5.62. The molecule has 4 heteroatoms. The van der Waals surface area contributed by atoms with Crippen LogP contribution >= 0.6 is 11.3 Å². The first kappa shape index (κ1) is 13.6. The molecule has 0 atom stereocenters. The lowest BCUT2D eigenvalue weighted by Gasteiger charge is -2.08. The van der Waals surface area contributed by atoms with E-state index in [4.69, 9.17) is 10.00 Å². The Balaban J connectivity index is 1.89. The van der Waals surface area contributed by atoms with E-state index in [1.54, 1.807) is 17.5 Å². The van der Waals surface area contributed by atoms with Gasteiger partial charge in [-0.2, -0.15) is 5.26 Å². The van der Waals surface area contributed by atoms with Crippen molar-refractivity contribution >= 4 is 11.3 Å². The molecule has 3 nitrogen and oxygen atoms in total. The number of aromatic nitrogens is 1. The molecular formula is C15H16N2OS. The standard InChI is InChI=1S/C15H16N2OS/c1-11-3-4-12(2)14(9-11)18-8-6-15-17-10-13(19-15)5-7-16/h3-4,9-10H,5-6,8H2,1-2H3. The molecule has 0 saturated heterocycles. The molecule has 19 heavy (non-hydrogen) atoms. The maximum absolute atomic E-state index is 8.61. The zero-order chi connectivity index (χ0) is 13.7. The van der Waals surface area contributed by atoms with Gasteiger partial charge in [0.2, 0.25) is 0 Å². The van der Waals surface area contributed by atoms with Crippen molar-refractivity contribution < 1.29 is 4.74 Å². The van der Waals surface area contributed by atoms with Gasteiger partial charge in [-0.1, -0.05) is 12.1 Å². The van der Waals surface area contributed by atoms with Crippen LogP contribution in [0, 0.1) is 25.2 Å². The fourth-order valence-corrected chi connectivity index (χ4v) is 2.57. The minimum absolute atomic E-state index is 0.440. The molecule has 0 radical (unpaired) electrons. The molecule has 0 spiro atoms. The summed E-state index contributed by atoms with van der Waals surface area (Å²) in [6, 6.07) is 8.34. The number of ether oxygens (including phenoxy) is 1. The van der Waals surface area contributed by atoms with E-state index in [1.807, 2.05) is 6.92 Å². The summed E-state index contributed by atoms with van der Waals surface area (Å²) in [5, 5.41) is 9.64. The summed E-state index contributed by atoms with van der Waals surface area (Å²) in [5.74, 6) is 0.939. The molecular weight excluding hydrogens is 256 g/mol. The van der Waals surface area contributed by atoms with Gasteiger partial charge >= 0.3 is 0 Å². The van der Waals surface area contributed by atoms with Crippen molar-refractivity contribution in [2.75, 3.05) is 6.61 Å². The van der Waals surface area contributed by atoms with Crippen molar-refractivity contribution in [3.05, 3.63) is 45.4 Å². The quantitative estimate of drug-likeness (QED) is 0.837. The molecule has 1 aromatic carbocycles. The minimum atomic E-state index is 0.440. The molecule has 0 saturated carbocycles. The van der Waals surface area contributed by atoms with E-state index in [-0.39, 0.29) is 0 Å². The Morgan fingerprint density at radius 2 is 2.21 bits per heavy atom. The fourth-order valence-electron chi connectivity index (χ4n) is 1.73. The zero-order valence-electron chi connectivity index (χ0n) is 11.1. The monoisotopic (exact) mass is 272 g/mol. The molecule has 0 N–H and O–H groups in total. The Morgan fingerprint density at radius 1 is 1.37 bits per heavy atom. The number of nitriles is 1. The molecule has 0 unspecified atom stereocenters. The van der Waals surface area contributed by atoms with Crippen LogP contribution in [-0.4, -0.2) is 11.6 Å². The normalized spacial score (nSPS) is 10.2. The van der Waals surface area contributed by atoms with Gasteiger partial charge in [-0.15, -0.1) is 11.3 Å². The van der Waals surface area contributed by atoms with Gasteiger partial charge in [0.1, 0.15) is 5.75 Å². The number of thiazole rings is 1. The third-order valence-electron chi connectivity index (χ3n) is 2.77. The van der Waals surface area contributed by atoms with Crippen molar-refractivity contribution in [3.63, 3.8) is 0 Å². The van der Waals surface area contributed by atoms with Gasteiger partial charge in [0, 0.05) is 17.5 Å². The lowest BCUT2D eigenvalue weighted by molar-refractivity contribution is 0.319. The molecule has 1 heterocycles. The molecule has 0 aliphatic carbocycles. The summed E-state index contributed by atoms with van der Waals surface area (Å²) in [4.78, 5) is 5.31. The van der Waals surface area contributed by atoms with Gasteiger partial charge in [0.15, 0.2) is 0 Å². The van der Waals surface area contributed by atoms with Crippen molar-refractivity contribution in [1.29, 1.82) is 5.26 Å². The summed E-state index contributed by atoms with van der Waals surface area (Å²) in [6.07, 6.45) is 3.00. The number of aryl methyl sites for hydroxylation is 2. The largest absolute Gasteiger partial charge is 0.493 e. The summed E-state index contributed by atoms with van der Waals surface area (Å²) < 4.78 is 5.79. The van der Waals surface area contributed by atoms with Gasteiger partial charge in [0.25, 0.3) is 0 Å². The van der Waals surface area contributed by atoms with Gasteiger partial charge in [-0.05, 0) is 31.0 Å². The number of benzene rings is 1. The Labute approximate surface area is 117 Å². The highest BCUT2D eigenvalue weighted by Crippen LogP contribution is 2.20. The van der Waals surface area contributed by atoms with Crippen LogP contribution in [0.3, 0.4) is 0 Å². The highest BCUT2D eigenvalue weighted by atomic mass is 32.1. The SMILES string of the molecule is Cc1ccc(C)c(OCCc2ncc(CC#N)s2)c1. The Kier molecular flexibility index (Phi) is 4.53. The molecule has 0 fully saturated rings. The molecule has 1 aromatic heterocycles. The van der Waals surface area contributed by atoms with E-state index in [0.717, 1.165) is 27.6 Å². The smallest absolute Gasteiger partial charge is 0.122 e. The van der Waals surface area contributed by atoms with Crippen LogP contribution in [0.2, 0.25) is 0 Å². The summed E-state index contributed by atoms with van der Waals surface area (Å²) in [7, 11) is 0. The van der Waals surface area contributed by atoms with Crippen molar-refractivity contribution in [2.45, 2.75) is 26.7 Å². The van der Waals surface area contributed by atoms with Crippen LogP contribution in [0.4, 0.5) is 0 Å².